The van der Waals surface area contributed by atoms with Crippen LogP contribution in [-0.4, -0.2) is 18.4 Å². The third-order valence-electron chi connectivity index (χ3n) is 5.76. The molecule has 0 radical (unpaired) electrons. The van der Waals surface area contributed by atoms with Crippen LogP contribution >= 0.6 is 0 Å². The molecule has 1 N–H and O–H groups in total. The second-order valence-corrected chi connectivity index (χ2v) is 8.34. The number of aryl methyl sites for hydroxylation is 1. The van der Waals surface area contributed by atoms with E-state index in [1.807, 2.05) is 97.6 Å². The summed E-state index contributed by atoms with van der Waals surface area (Å²) in [6.45, 7) is 4.57. The molecule has 0 unspecified atom stereocenters. The summed E-state index contributed by atoms with van der Waals surface area (Å²) < 4.78 is 0. The van der Waals surface area contributed by atoms with E-state index in [1.54, 1.807) is 0 Å². The molecule has 31 heavy (non-hydrogen) atoms. The van der Waals surface area contributed by atoms with E-state index in [9.17, 15) is 9.59 Å². The van der Waals surface area contributed by atoms with Crippen LogP contribution in [0.5, 0.6) is 0 Å². The van der Waals surface area contributed by atoms with Crippen molar-refractivity contribution in [3.05, 3.63) is 95.6 Å². The zero-order chi connectivity index (χ0) is 21.8. The molecule has 3 aromatic rings. The van der Waals surface area contributed by atoms with Crippen molar-refractivity contribution in [3.63, 3.8) is 0 Å². The van der Waals surface area contributed by atoms with Crippen LogP contribution < -0.4 is 10.2 Å². The Balaban J connectivity index is 1.64. The van der Waals surface area contributed by atoms with Crippen molar-refractivity contribution in [3.8, 4) is 0 Å². The molecule has 4 heteroatoms. The fourth-order valence-corrected chi connectivity index (χ4v) is 4.19. The monoisotopic (exact) mass is 412 g/mol. The maximum Gasteiger partial charge on any atom is 0.236 e. The van der Waals surface area contributed by atoms with Gasteiger partial charge in [0.05, 0.1) is 5.92 Å². The molecule has 2 amide bonds. The molecule has 3 aromatic carbocycles. The molecule has 1 aliphatic heterocycles. The summed E-state index contributed by atoms with van der Waals surface area (Å²) in [4.78, 5) is 28.0. The number of amides is 2. The van der Waals surface area contributed by atoms with Gasteiger partial charge in [0.15, 0.2) is 0 Å². The minimum absolute atomic E-state index is 0.0651. The maximum absolute atomic E-state index is 13.4. The Morgan fingerprint density at radius 3 is 2.06 bits per heavy atom. The van der Waals surface area contributed by atoms with Crippen molar-refractivity contribution < 1.29 is 9.59 Å². The minimum Gasteiger partial charge on any atom is -0.325 e. The number of hydrogen-bond acceptors (Lipinski definition) is 2. The van der Waals surface area contributed by atoms with E-state index >= 15 is 0 Å². The van der Waals surface area contributed by atoms with E-state index in [1.165, 1.54) is 0 Å². The fraction of sp³-hybridized carbons (Fsp3) is 0.259. The third kappa shape index (κ3) is 4.53. The number of nitrogens with zero attached hydrogens (tertiary/aromatic N) is 1. The number of anilines is 2. The van der Waals surface area contributed by atoms with Gasteiger partial charge in [0.1, 0.15) is 0 Å². The molecule has 0 fully saturated rings. The average Bonchev–Trinajstić information content (AvgIpc) is 2.79. The van der Waals surface area contributed by atoms with Gasteiger partial charge in [-0.05, 0) is 41.7 Å². The minimum atomic E-state index is -0.410. The van der Waals surface area contributed by atoms with E-state index in [4.69, 9.17) is 0 Å². The lowest BCUT2D eigenvalue weighted by Crippen LogP contribution is -2.38. The highest BCUT2D eigenvalue weighted by Gasteiger charge is 2.26. The molecular formula is C27H28N2O2. The number of carbonyl (C=O) groups excluding carboxylic acids is 2. The first-order valence-corrected chi connectivity index (χ1v) is 10.9. The molecule has 0 aromatic heterocycles. The zero-order valence-electron chi connectivity index (χ0n) is 18.0. The molecule has 0 saturated heterocycles. The molecular weight excluding hydrogens is 384 g/mol. The van der Waals surface area contributed by atoms with Crippen molar-refractivity contribution >= 4 is 23.2 Å². The highest BCUT2D eigenvalue weighted by molar-refractivity contribution is 6.00. The average molecular weight is 413 g/mol. The van der Waals surface area contributed by atoms with Crippen LogP contribution in [0.4, 0.5) is 11.4 Å². The van der Waals surface area contributed by atoms with Gasteiger partial charge in [0.2, 0.25) is 11.8 Å². The first kappa shape index (κ1) is 20.9. The zero-order valence-corrected chi connectivity index (χ0v) is 18.0. The van der Waals surface area contributed by atoms with Crippen LogP contribution in [-0.2, 0) is 16.0 Å². The van der Waals surface area contributed by atoms with Crippen LogP contribution in [0.2, 0.25) is 0 Å². The van der Waals surface area contributed by atoms with E-state index in [0.717, 1.165) is 41.8 Å². The van der Waals surface area contributed by atoms with Gasteiger partial charge in [-0.1, -0.05) is 80.6 Å². The maximum atomic E-state index is 13.4. The lowest BCUT2D eigenvalue weighted by Gasteiger charge is -2.31. The van der Waals surface area contributed by atoms with E-state index in [0.29, 0.717) is 5.69 Å². The summed E-state index contributed by atoms with van der Waals surface area (Å²) in [5, 5.41) is 3.10. The van der Waals surface area contributed by atoms with Crippen molar-refractivity contribution in [2.75, 3.05) is 16.8 Å². The van der Waals surface area contributed by atoms with Crippen LogP contribution in [0, 0.1) is 5.92 Å². The lowest BCUT2D eigenvalue weighted by molar-refractivity contribution is -0.121. The Morgan fingerprint density at radius 1 is 0.871 bits per heavy atom. The SMILES string of the molecule is CC(C)C(=O)N1CCCc2ccc(NC(=O)C(c3ccccc3)c3ccccc3)cc21. The van der Waals surface area contributed by atoms with Gasteiger partial charge in [-0.3, -0.25) is 9.59 Å². The van der Waals surface area contributed by atoms with Gasteiger partial charge in [0, 0.05) is 23.8 Å². The van der Waals surface area contributed by atoms with Gasteiger partial charge >= 0.3 is 0 Å². The molecule has 1 heterocycles. The molecule has 158 valence electrons. The Labute approximate surface area is 183 Å². The summed E-state index contributed by atoms with van der Waals surface area (Å²) in [6, 6.07) is 25.5. The first-order valence-electron chi connectivity index (χ1n) is 10.9. The highest BCUT2D eigenvalue weighted by atomic mass is 16.2. The second kappa shape index (κ2) is 9.17. The topological polar surface area (TPSA) is 49.4 Å². The number of carbonyl (C=O) groups is 2. The highest BCUT2D eigenvalue weighted by Crippen LogP contribution is 2.32. The van der Waals surface area contributed by atoms with E-state index < -0.39 is 5.92 Å². The largest absolute Gasteiger partial charge is 0.325 e. The van der Waals surface area contributed by atoms with Gasteiger partial charge < -0.3 is 10.2 Å². The lowest BCUT2D eigenvalue weighted by atomic mass is 9.90. The molecule has 0 bridgehead atoms. The Morgan fingerprint density at radius 2 is 1.48 bits per heavy atom. The smallest absolute Gasteiger partial charge is 0.236 e. The van der Waals surface area contributed by atoms with Crippen LogP contribution in [0.15, 0.2) is 78.9 Å². The van der Waals surface area contributed by atoms with Crippen molar-refractivity contribution in [2.45, 2.75) is 32.6 Å². The fourth-order valence-electron chi connectivity index (χ4n) is 4.19. The number of hydrogen-bond donors (Lipinski definition) is 1. The van der Waals surface area contributed by atoms with E-state index in [-0.39, 0.29) is 17.7 Å². The number of benzene rings is 3. The van der Waals surface area contributed by atoms with Gasteiger partial charge in [-0.2, -0.15) is 0 Å². The molecule has 0 spiro atoms. The molecule has 0 atom stereocenters. The molecule has 4 nitrogen and oxygen atoms in total. The number of fused-ring (bicyclic) bond motifs is 1. The Bertz CT molecular complexity index is 1020. The third-order valence-corrected chi connectivity index (χ3v) is 5.76. The Hall–Kier alpha value is -3.40. The van der Waals surface area contributed by atoms with Gasteiger partial charge in [0.25, 0.3) is 0 Å². The predicted molar refractivity (Wildman–Crippen MR) is 125 cm³/mol. The first-order chi connectivity index (χ1) is 15.0. The predicted octanol–water partition coefficient (Wildman–Crippen LogP) is 5.39. The second-order valence-electron chi connectivity index (χ2n) is 8.34. The van der Waals surface area contributed by atoms with Crippen molar-refractivity contribution in [2.24, 2.45) is 5.92 Å². The normalized spacial score (nSPS) is 13.2. The summed E-state index contributed by atoms with van der Waals surface area (Å²) in [6.07, 6.45) is 1.91. The van der Waals surface area contributed by atoms with Crippen LogP contribution in [0.3, 0.4) is 0 Å². The molecule has 4 rings (SSSR count). The molecule has 1 aliphatic rings. The molecule has 0 saturated carbocycles. The van der Waals surface area contributed by atoms with Crippen molar-refractivity contribution in [1.82, 2.24) is 0 Å². The van der Waals surface area contributed by atoms with Crippen LogP contribution in [0.25, 0.3) is 0 Å². The summed E-state index contributed by atoms with van der Waals surface area (Å²) >= 11 is 0. The molecule has 0 aliphatic carbocycles. The number of nitrogens with one attached hydrogen (secondary N) is 1. The van der Waals surface area contributed by atoms with Gasteiger partial charge in [-0.25, -0.2) is 0 Å². The summed E-state index contributed by atoms with van der Waals surface area (Å²) in [5.74, 6) is -0.442. The van der Waals surface area contributed by atoms with Gasteiger partial charge in [-0.15, -0.1) is 0 Å². The quantitative estimate of drug-likeness (QED) is 0.611. The Kier molecular flexibility index (Phi) is 6.17. The number of rotatable bonds is 5. The summed E-state index contributed by atoms with van der Waals surface area (Å²) in [7, 11) is 0. The van der Waals surface area contributed by atoms with Crippen molar-refractivity contribution in [1.29, 1.82) is 0 Å². The van der Waals surface area contributed by atoms with E-state index in [2.05, 4.69) is 5.32 Å². The summed E-state index contributed by atoms with van der Waals surface area (Å²) in [5.41, 5.74) is 4.67. The van der Waals surface area contributed by atoms with Crippen LogP contribution in [0.1, 0.15) is 42.9 Å². The standard InChI is InChI=1S/C27H28N2O2/c1-19(2)27(31)29-17-9-14-20-15-16-23(18-24(20)29)28-26(30)25(21-10-5-3-6-11-21)22-12-7-4-8-13-22/h3-8,10-13,15-16,18-19,25H,9,14,17H2,1-2H3,(H,28,30).